The molecule has 208 valence electrons. The third-order valence-corrected chi connectivity index (χ3v) is 7.49. The molecule has 0 fully saturated rings. The van der Waals surface area contributed by atoms with E-state index in [2.05, 4.69) is 0 Å². The maximum atomic E-state index is 13.0. The number of fused-ring (bicyclic) bond motifs is 2. The summed E-state index contributed by atoms with van der Waals surface area (Å²) in [5.74, 6) is -2.14. The third kappa shape index (κ3) is 4.10. The van der Waals surface area contributed by atoms with Crippen LogP contribution < -0.4 is 14.7 Å². The number of phenolic OH excluding ortho intramolecular Hbond substituents is 2. The first-order chi connectivity index (χ1) is 20.8. The van der Waals surface area contributed by atoms with Gasteiger partial charge in [-0.1, -0.05) is 18.2 Å². The number of imide groups is 2. The van der Waals surface area contributed by atoms with Crippen molar-refractivity contribution in [3.63, 3.8) is 0 Å². The Kier molecular flexibility index (Phi) is 5.81. The molecule has 0 atom stereocenters. The first-order valence-corrected chi connectivity index (χ1v) is 13.3. The summed E-state index contributed by atoms with van der Waals surface area (Å²) in [6.07, 6.45) is 0. The summed E-state index contributed by atoms with van der Waals surface area (Å²) in [7, 11) is 0. The zero-order valence-corrected chi connectivity index (χ0v) is 22.3. The van der Waals surface area contributed by atoms with Crippen molar-refractivity contribution >= 4 is 52.1 Å². The summed E-state index contributed by atoms with van der Waals surface area (Å²) >= 11 is 0. The Labute approximate surface area is 245 Å². The van der Waals surface area contributed by atoms with Gasteiger partial charge in [0.1, 0.15) is 11.5 Å². The van der Waals surface area contributed by atoms with E-state index in [1.807, 2.05) is 35.2 Å². The zero-order chi connectivity index (χ0) is 29.8. The number of phenols is 2. The smallest absolute Gasteiger partial charge is 0.266 e. The minimum atomic E-state index is -0.512. The van der Waals surface area contributed by atoms with Crippen LogP contribution in [-0.4, -0.2) is 33.8 Å². The molecule has 0 spiro atoms. The molecule has 0 saturated heterocycles. The average Bonchev–Trinajstić information content (AvgIpc) is 3.41. The summed E-state index contributed by atoms with van der Waals surface area (Å²) in [5, 5.41) is 19.6. The highest BCUT2D eigenvalue weighted by Gasteiger charge is 2.38. The molecule has 0 bridgehead atoms. The van der Waals surface area contributed by atoms with Crippen LogP contribution in [-0.2, 0) is 0 Å². The second kappa shape index (κ2) is 9.71. The molecule has 43 heavy (non-hydrogen) atoms. The predicted molar refractivity (Wildman–Crippen MR) is 160 cm³/mol. The molecule has 7 rings (SSSR count). The van der Waals surface area contributed by atoms with Crippen molar-refractivity contribution < 1.29 is 29.4 Å². The van der Waals surface area contributed by atoms with Crippen LogP contribution in [0.2, 0.25) is 0 Å². The molecule has 9 nitrogen and oxygen atoms in total. The monoisotopic (exact) mass is 567 g/mol. The quantitative estimate of drug-likeness (QED) is 0.244. The molecule has 9 heteroatoms. The molecule has 5 aromatic carbocycles. The van der Waals surface area contributed by atoms with Gasteiger partial charge in [-0.2, -0.15) is 0 Å². The molecule has 2 heterocycles. The highest BCUT2D eigenvalue weighted by atomic mass is 16.3. The minimum absolute atomic E-state index is 0.0936. The van der Waals surface area contributed by atoms with Crippen LogP contribution in [0.3, 0.4) is 0 Å². The third-order valence-electron chi connectivity index (χ3n) is 7.49. The van der Waals surface area contributed by atoms with Gasteiger partial charge in [0, 0.05) is 17.1 Å². The van der Waals surface area contributed by atoms with Crippen LogP contribution in [0.4, 0.5) is 28.4 Å². The highest BCUT2D eigenvalue weighted by molar-refractivity contribution is 6.35. The molecular formula is C34H21N3O6. The number of anilines is 5. The minimum Gasteiger partial charge on any atom is -0.508 e. The maximum absolute atomic E-state index is 13.0. The molecule has 0 aromatic heterocycles. The number of benzene rings is 5. The average molecular weight is 568 g/mol. The summed E-state index contributed by atoms with van der Waals surface area (Å²) < 4.78 is 0. The number of rotatable bonds is 5. The van der Waals surface area contributed by atoms with E-state index in [4.69, 9.17) is 0 Å². The van der Waals surface area contributed by atoms with Crippen molar-refractivity contribution in [1.29, 1.82) is 0 Å². The lowest BCUT2D eigenvalue weighted by atomic mass is 10.1. The van der Waals surface area contributed by atoms with Gasteiger partial charge in [0.2, 0.25) is 0 Å². The second-order valence-corrected chi connectivity index (χ2v) is 10.1. The van der Waals surface area contributed by atoms with Gasteiger partial charge >= 0.3 is 0 Å². The molecule has 4 amide bonds. The molecule has 2 aliphatic rings. The Morgan fingerprint density at radius 3 is 1.21 bits per heavy atom. The normalized spacial score (nSPS) is 13.9. The van der Waals surface area contributed by atoms with Crippen LogP contribution in [0.5, 0.6) is 11.5 Å². The van der Waals surface area contributed by atoms with Crippen molar-refractivity contribution in [3.8, 4) is 11.5 Å². The Balaban J connectivity index is 1.21. The lowest BCUT2D eigenvalue weighted by Crippen LogP contribution is -2.29. The van der Waals surface area contributed by atoms with E-state index >= 15 is 0 Å². The van der Waals surface area contributed by atoms with Crippen LogP contribution >= 0.6 is 0 Å². The van der Waals surface area contributed by atoms with E-state index < -0.39 is 23.6 Å². The second-order valence-electron chi connectivity index (χ2n) is 10.1. The van der Waals surface area contributed by atoms with Crippen LogP contribution in [0.15, 0.2) is 115 Å². The van der Waals surface area contributed by atoms with E-state index in [1.54, 1.807) is 48.5 Å². The Hall–Kier alpha value is -6.22. The van der Waals surface area contributed by atoms with Crippen LogP contribution in [0, 0.1) is 0 Å². The molecule has 2 N–H and O–H groups in total. The Morgan fingerprint density at radius 2 is 0.791 bits per heavy atom. The number of para-hydroxylation sites is 1. The Morgan fingerprint density at radius 1 is 0.419 bits per heavy atom. The van der Waals surface area contributed by atoms with Gasteiger partial charge in [0.05, 0.1) is 33.6 Å². The lowest BCUT2D eigenvalue weighted by Gasteiger charge is -2.26. The SMILES string of the molecule is O=C1c2ccc(O)cc2C(=O)N1c1ccc(N(c2ccccc2)c2ccc(N3C(=O)c4ccc(O)cc4C3=O)cc2)cc1. The number of carbonyl (C=O) groups excluding carboxylic acids is 4. The van der Waals surface area contributed by atoms with Gasteiger partial charge in [-0.3, -0.25) is 19.2 Å². The summed E-state index contributed by atoms with van der Waals surface area (Å²) in [6.45, 7) is 0. The van der Waals surface area contributed by atoms with E-state index in [0.29, 0.717) is 11.4 Å². The summed E-state index contributed by atoms with van der Waals surface area (Å²) in [6, 6.07) is 31.6. The summed E-state index contributed by atoms with van der Waals surface area (Å²) in [5.41, 5.74) is 3.81. The first-order valence-electron chi connectivity index (χ1n) is 13.3. The first kappa shape index (κ1) is 25.7. The standard InChI is InChI=1S/C34H21N3O6/c38-25-14-16-27-29(18-25)33(42)36(31(27)40)23-10-6-21(7-11-23)35(20-4-2-1-3-5-20)22-8-12-24(13-9-22)37-32(41)28-17-15-26(39)19-30(28)34(37)43/h1-19,38-39H. The topological polar surface area (TPSA) is 118 Å². The lowest BCUT2D eigenvalue weighted by molar-refractivity contribution is 0.0910. The van der Waals surface area contributed by atoms with Crippen molar-refractivity contribution in [3.05, 3.63) is 138 Å². The molecule has 0 radical (unpaired) electrons. The molecule has 0 saturated carbocycles. The maximum Gasteiger partial charge on any atom is 0.266 e. The fourth-order valence-electron chi connectivity index (χ4n) is 5.45. The van der Waals surface area contributed by atoms with E-state index in [1.165, 1.54) is 36.4 Å². The van der Waals surface area contributed by atoms with Crippen molar-refractivity contribution in [2.75, 3.05) is 14.7 Å². The van der Waals surface area contributed by atoms with E-state index in [-0.39, 0.29) is 33.8 Å². The molecule has 2 aliphatic heterocycles. The zero-order valence-electron chi connectivity index (χ0n) is 22.3. The van der Waals surface area contributed by atoms with Crippen molar-refractivity contribution in [2.24, 2.45) is 0 Å². The largest absolute Gasteiger partial charge is 0.508 e. The predicted octanol–water partition coefficient (Wildman–Crippen LogP) is 6.17. The fraction of sp³-hybridized carbons (Fsp3) is 0. The molecular weight excluding hydrogens is 546 g/mol. The molecule has 0 unspecified atom stereocenters. The number of carbonyl (C=O) groups is 4. The number of nitrogens with zero attached hydrogens (tertiary/aromatic N) is 3. The molecule has 5 aromatic rings. The van der Waals surface area contributed by atoms with Gasteiger partial charge in [-0.25, -0.2) is 9.80 Å². The van der Waals surface area contributed by atoms with Gasteiger partial charge < -0.3 is 15.1 Å². The van der Waals surface area contributed by atoms with Gasteiger partial charge in [0.15, 0.2) is 0 Å². The number of hydrogen-bond donors (Lipinski definition) is 2. The van der Waals surface area contributed by atoms with Gasteiger partial charge in [0.25, 0.3) is 23.6 Å². The fourth-order valence-corrected chi connectivity index (χ4v) is 5.45. The van der Waals surface area contributed by atoms with Crippen LogP contribution in [0.1, 0.15) is 41.4 Å². The number of hydrogen-bond acceptors (Lipinski definition) is 7. The van der Waals surface area contributed by atoms with E-state index in [9.17, 15) is 29.4 Å². The molecule has 0 aliphatic carbocycles. The van der Waals surface area contributed by atoms with Gasteiger partial charge in [-0.05, 0) is 97.1 Å². The van der Waals surface area contributed by atoms with Gasteiger partial charge in [-0.15, -0.1) is 0 Å². The van der Waals surface area contributed by atoms with Crippen molar-refractivity contribution in [1.82, 2.24) is 0 Å². The highest BCUT2D eigenvalue weighted by Crippen LogP contribution is 2.38. The summed E-state index contributed by atoms with van der Waals surface area (Å²) in [4.78, 5) is 56.2. The van der Waals surface area contributed by atoms with Crippen LogP contribution in [0.25, 0.3) is 0 Å². The number of aromatic hydroxyl groups is 2. The number of amides is 4. The Bertz CT molecular complexity index is 1850. The van der Waals surface area contributed by atoms with Crippen molar-refractivity contribution in [2.45, 2.75) is 0 Å². The van der Waals surface area contributed by atoms with E-state index in [0.717, 1.165) is 26.9 Å².